The topological polar surface area (TPSA) is 57.2 Å². The van der Waals surface area contributed by atoms with Gasteiger partial charge in [-0.2, -0.15) is 0 Å². The highest BCUT2D eigenvalue weighted by molar-refractivity contribution is 5.82. The minimum absolute atomic E-state index is 0.148. The molecule has 0 unspecified atom stereocenters. The summed E-state index contributed by atoms with van der Waals surface area (Å²) < 4.78 is 24.9. The number of hydrogen-bond donors (Lipinski definition) is 0. The molecule has 3 heterocycles. The third kappa shape index (κ3) is 1.93. The van der Waals surface area contributed by atoms with E-state index in [1.807, 2.05) is 6.07 Å². The third-order valence-corrected chi connectivity index (χ3v) is 8.51. The summed E-state index contributed by atoms with van der Waals surface area (Å²) in [7, 11) is 1.71. The van der Waals surface area contributed by atoms with Crippen LogP contribution >= 0.6 is 0 Å². The molecule has 3 aliphatic carbocycles. The van der Waals surface area contributed by atoms with Crippen LogP contribution in [0.1, 0.15) is 43.2 Å². The highest BCUT2D eigenvalue weighted by Gasteiger charge is 2.72. The lowest BCUT2D eigenvalue weighted by atomic mass is 9.50. The molecule has 29 heavy (non-hydrogen) atoms. The van der Waals surface area contributed by atoms with E-state index < -0.39 is 5.79 Å². The monoisotopic (exact) mass is 397 g/mol. The van der Waals surface area contributed by atoms with E-state index in [0.29, 0.717) is 25.0 Å². The molecule has 0 N–H and O–H groups in total. The molecule has 2 bridgehead atoms. The minimum Gasteiger partial charge on any atom is -0.493 e. The Labute approximate surface area is 170 Å². The normalized spacial score (nSPS) is 38.0. The molecule has 1 aromatic rings. The number of nitrogens with zero attached hydrogens (tertiary/aromatic N) is 1. The molecule has 3 aliphatic heterocycles. The zero-order valence-electron chi connectivity index (χ0n) is 16.8. The van der Waals surface area contributed by atoms with Gasteiger partial charge in [0.2, 0.25) is 11.7 Å². The summed E-state index contributed by atoms with van der Waals surface area (Å²) in [6.07, 6.45) is 5.63. The highest BCUT2D eigenvalue weighted by atomic mass is 16.8. The standard InChI is InChI=1S/C23H27NO5/c1-26-17-5-4-14-12-16-15-6-7-23(27-10-11-28-23)21-22(15,18(14)19(17)29-21)8-9-24(16)20(25)13-2-3-13/h4-5,13,15-16,21H,2-3,6-12H2,1H3/t15-,16-,21+,22-/m0/s1. The number of carbonyl (C=O) groups excluding carboxylic acids is 1. The van der Waals surface area contributed by atoms with Crippen molar-refractivity contribution in [1.29, 1.82) is 0 Å². The van der Waals surface area contributed by atoms with Crippen LogP contribution in [0.2, 0.25) is 0 Å². The number of amides is 1. The first-order valence-electron chi connectivity index (χ1n) is 11.1. The van der Waals surface area contributed by atoms with Crippen molar-refractivity contribution < 1.29 is 23.7 Å². The molecule has 1 aromatic carbocycles. The van der Waals surface area contributed by atoms with Gasteiger partial charge in [0.15, 0.2) is 17.6 Å². The van der Waals surface area contributed by atoms with E-state index in [9.17, 15) is 4.79 Å². The number of ether oxygens (including phenoxy) is 4. The van der Waals surface area contributed by atoms with E-state index in [2.05, 4.69) is 11.0 Å². The van der Waals surface area contributed by atoms with Gasteiger partial charge >= 0.3 is 0 Å². The first kappa shape index (κ1) is 16.9. The first-order valence-corrected chi connectivity index (χ1v) is 11.1. The SMILES string of the molecule is COc1ccc2c3c1O[C@H]1C4(CC[C@H]5[C@H](C2)N(C(=O)C2CC2)CC[C@@]351)OCCO4. The molecule has 6 nitrogen and oxygen atoms in total. The quantitative estimate of drug-likeness (QED) is 0.767. The Morgan fingerprint density at radius 3 is 2.76 bits per heavy atom. The van der Waals surface area contributed by atoms with Gasteiger partial charge in [-0.15, -0.1) is 0 Å². The Balaban J connectivity index is 1.42. The van der Waals surface area contributed by atoms with Crippen LogP contribution in [0.4, 0.5) is 0 Å². The van der Waals surface area contributed by atoms with Gasteiger partial charge in [-0.1, -0.05) is 6.07 Å². The summed E-state index contributed by atoms with van der Waals surface area (Å²) in [4.78, 5) is 15.3. The lowest BCUT2D eigenvalue weighted by molar-refractivity contribution is -0.260. The number of fused-ring (bicyclic) bond motifs is 1. The van der Waals surface area contributed by atoms with Gasteiger partial charge in [0.25, 0.3) is 0 Å². The smallest absolute Gasteiger partial charge is 0.225 e. The van der Waals surface area contributed by atoms with Crippen molar-refractivity contribution in [2.45, 2.75) is 61.9 Å². The Bertz CT molecular complexity index is 905. The molecule has 6 aliphatic rings. The summed E-state index contributed by atoms with van der Waals surface area (Å²) in [5.74, 6) is 2.07. The summed E-state index contributed by atoms with van der Waals surface area (Å²) in [6.45, 7) is 2.05. The number of benzene rings is 1. The van der Waals surface area contributed by atoms with E-state index in [0.717, 1.165) is 56.6 Å². The fraction of sp³-hybridized carbons (Fsp3) is 0.696. The van der Waals surface area contributed by atoms with Gasteiger partial charge in [-0.3, -0.25) is 4.79 Å². The summed E-state index contributed by atoms with van der Waals surface area (Å²) in [5, 5.41) is 0. The zero-order chi connectivity index (χ0) is 19.4. The van der Waals surface area contributed by atoms with E-state index >= 15 is 0 Å². The summed E-state index contributed by atoms with van der Waals surface area (Å²) in [6, 6.07) is 4.47. The summed E-state index contributed by atoms with van der Waals surface area (Å²) >= 11 is 0. The van der Waals surface area contributed by atoms with E-state index in [1.165, 1.54) is 11.1 Å². The van der Waals surface area contributed by atoms with Gasteiger partial charge in [-0.05, 0) is 49.7 Å². The Morgan fingerprint density at radius 1 is 1.17 bits per heavy atom. The Morgan fingerprint density at radius 2 is 2.00 bits per heavy atom. The molecule has 2 saturated carbocycles. The molecule has 7 rings (SSSR count). The van der Waals surface area contributed by atoms with E-state index in [1.54, 1.807) is 7.11 Å². The van der Waals surface area contributed by atoms with Gasteiger partial charge < -0.3 is 23.8 Å². The molecular formula is C23H27NO5. The number of hydrogen-bond acceptors (Lipinski definition) is 5. The van der Waals surface area contributed by atoms with Crippen LogP contribution in [0, 0.1) is 11.8 Å². The molecule has 4 atom stereocenters. The van der Waals surface area contributed by atoms with Crippen molar-refractivity contribution in [3.8, 4) is 11.5 Å². The van der Waals surface area contributed by atoms with Crippen LogP contribution in [0.15, 0.2) is 12.1 Å². The second kappa shape index (κ2) is 5.46. The van der Waals surface area contributed by atoms with Crippen molar-refractivity contribution in [1.82, 2.24) is 4.90 Å². The molecule has 154 valence electrons. The molecule has 2 saturated heterocycles. The Kier molecular flexibility index (Phi) is 3.19. The van der Waals surface area contributed by atoms with Crippen LogP contribution in [-0.2, 0) is 26.1 Å². The third-order valence-electron chi connectivity index (χ3n) is 8.51. The van der Waals surface area contributed by atoms with Crippen LogP contribution in [-0.4, -0.2) is 55.6 Å². The van der Waals surface area contributed by atoms with Gasteiger partial charge in [0, 0.05) is 35.9 Å². The number of rotatable bonds is 2. The minimum atomic E-state index is -0.664. The molecular weight excluding hydrogens is 370 g/mol. The largest absolute Gasteiger partial charge is 0.493 e. The van der Waals surface area contributed by atoms with E-state index in [4.69, 9.17) is 18.9 Å². The summed E-state index contributed by atoms with van der Waals surface area (Å²) in [5.41, 5.74) is 2.48. The molecule has 2 spiro atoms. The predicted molar refractivity (Wildman–Crippen MR) is 103 cm³/mol. The second-order valence-corrected chi connectivity index (χ2v) is 9.65. The highest BCUT2D eigenvalue weighted by Crippen LogP contribution is 2.66. The van der Waals surface area contributed by atoms with Crippen molar-refractivity contribution >= 4 is 5.91 Å². The molecule has 0 aromatic heterocycles. The van der Waals surface area contributed by atoms with Gasteiger partial charge in [0.1, 0.15) is 0 Å². The van der Waals surface area contributed by atoms with Crippen LogP contribution in [0.3, 0.4) is 0 Å². The zero-order valence-corrected chi connectivity index (χ0v) is 16.8. The van der Waals surface area contributed by atoms with Crippen molar-refractivity contribution in [2.24, 2.45) is 11.8 Å². The maximum atomic E-state index is 13.1. The number of carbonyl (C=O) groups is 1. The van der Waals surface area contributed by atoms with Crippen LogP contribution in [0.25, 0.3) is 0 Å². The molecule has 1 amide bonds. The first-order chi connectivity index (χ1) is 14.2. The average molecular weight is 397 g/mol. The van der Waals surface area contributed by atoms with Crippen molar-refractivity contribution in [3.05, 3.63) is 23.3 Å². The van der Waals surface area contributed by atoms with Gasteiger partial charge in [-0.25, -0.2) is 0 Å². The van der Waals surface area contributed by atoms with Gasteiger partial charge in [0.05, 0.1) is 20.3 Å². The molecule has 0 radical (unpaired) electrons. The van der Waals surface area contributed by atoms with Crippen molar-refractivity contribution in [3.63, 3.8) is 0 Å². The lowest BCUT2D eigenvalue weighted by Gasteiger charge is -2.60. The fourth-order valence-electron chi connectivity index (χ4n) is 7.27. The predicted octanol–water partition coefficient (Wildman–Crippen LogP) is 2.41. The number of methoxy groups -OCH3 is 1. The maximum absolute atomic E-state index is 13.1. The van der Waals surface area contributed by atoms with Crippen molar-refractivity contribution in [2.75, 3.05) is 26.9 Å². The Hall–Kier alpha value is -1.79. The average Bonchev–Trinajstić information content (AvgIpc) is 3.38. The number of piperidine rings is 1. The van der Waals surface area contributed by atoms with Crippen LogP contribution < -0.4 is 9.47 Å². The lowest BCUT2D eigenvalue weighted by Crippen LogP contribution is -2.71. The molecule has 4 fully saturated rings. The van der Waals surface area contributed by atoms with E-state index in [-0.39, 0.29) is 23.5 Å². The fourth-order valence-corrected chi connectivity index (χ4v) is 7.27. The maximum Gasteiger partial charge on any atom is 0.225 e. The molecule has 6 heteroatoms. The number of likely N-dealkylation sites (tertiary alicyclic amines) is 1. The second-order valence-electron chi connectivity index (χ2n) is 9.65. The van der Waals surface area contributed by atoms with Crippen LogP contribution in [0.5, 0.6) is 11.5 Å².